The highest BCUT2D eigenvalue weighted by molar-refractivity contribution is 7.98. The van der Waals surface area contributed by atoms with Crippen LogP contribution in [0.2, 0.25) is 0 Å². The molecule has 0 bridgehead atoms. The molecule has 0 saturated carbocycles. The molecule has 3 amide bonds. The molecule has 2 N–H and O–H groups in total. The van der Waals surface area contributed by atoms with Crippen LogP contribution in [-0.4, -0.2) is 71.6 Å². The van der Waals surface area contributed by atoms with Gasteiger partial charge in [0, 0.05) is 12.6 Å². The SMILES string of the molecule is CCOC(=O)CCNC(=O)C(c1cccc(C)c1)N(C(=O)C(CCSC)NC(=O)OC(C)(C)C)C(C)CC. The Hall–Kier alpha value is -2.75. The Labute approximate surface area is 231 Å². The van der Waals surface area contributed by atoms with Gasteiger partial charge in [0.05, 0.1) is 13.0 Å². The molecule has 0 heterocycles. The summed E-state index contributed by atoms with van der Waals surface area (Å²) in [5.74, 6) is -0.560. The molecule has 3 unspecified atom stereocenters. The number of ether oxygens (including phenoxy) is 2. The van der Waals surface area contributed by atoms with E-state index >= 15 is 0 Å². The van der Waals surface area contributed by atoms with E-state index in [1.807, 2.05) is 51.3 Å². The Morgan fingerprint density at radius 3 is 2.37 bits per heavy atom. The Morgan fingerprint density at radius 1 is 1.13 bits per heavy atom. The molecule has 0 fully saturated rings. The van der Waals surface area contributed by atoms with E-state index in [2.05, 4.69) is 10.6 Å². The molecule has 0 radical (unpaired) electrons. The first-order valence-corrected chi connectivity index (χ1v) is 14.5. The van der Waals surface area contributed by atoms with Gasteiger partial charge in [-0.05, 0) is 72.0 Å². The highest BCUT2D eigenvalue weighted by atomic mass is 32.2. The molecule has 214 valence electrons. The maximum absolute atomic E-state index is 14.1. The third kappa shape index (κ3) is 11.3. The van der Waals surface area contributed by atoms with Crippen molar-refractivity contribution in [3.05, 3.63) is 35.4 Å². The number of aryl methyl sites for hydroxylation is 1. The van der Waals surface area contributed by atoms with Gasteiger partial charge in [-0.2, -0.15) is 11.8 Å². The number of benzene rings is 1. The molecule has 3 atom stereocenters. The van der Waals surface area contributed by atoms with Crippen LogP contribution < -0.4 is 10.6 Å². The lowest BCUT2D eigenvalue weighted by molar-refractivity contribution is -0.146. The molecule has 1 rings (SSSR count). The fraction of sp³-hybridized carbons (Fsp3) is 0.643. The molecule has 0 aromatic heterocycles. The number of thioether (sulfide) groups is 1. The highest BCUT2D eigenvalue weighted by Crippen LogP contribution is 2.27. The zero-order valence-corrected chi connectivity index (χ0v) is 24.9. The van der Waals surface area contributed by atoms with Crippen LogP contribution in [0.25, 0.3) is 0 Å². The van der Waals surface area contributed by atoms with Gasteiger partial charge in [-0.15, -0.1) is 0 Å². The van der Waals surface area contributed by atoms with E-state index in [9.17, 15) is 19.2 Å². The number of nitrogens with zero attached hydrogens (tertiary/aromatic N) is 1. The molecular formula is C28H45N3O6S. The van der Waals surface area contributed by atoms with Crippen LogP contribution in [0.4, 0.5) is 4.79 Å². The molecule has 0 spiro atoms. The molecular weight excluding hydrogens is 506 g/mol. The summed E-state index contributed by atoms with van der Waals surface area (Å²) >= 11 is 1.56. The van der Waals surface area contributed by atoms with Crippen molar-refractivity contribution in [1.29, 1.82) is 0 Å². The van der Waals surface area contributed by atoms with Crippen molar-refractivity contribution in [2.45, 2.75) is 91.5 Å². The number of carbonyl (C=O) groups is 4. The van der Waals surface area contributed by atoms with Gasteiger partial charge in [0.25, 0.3) is 0 Å². The number of hydrogen-bond donors (Lipinski definition) is 2. The number of rotatable bonds is 14. The minimum Gasteiger partial charge on any atom is -0.466 e. The summed E-state index contributed by atoms with van der Waals surface area (Å²) in [6.07, 6.45) is 2.22. The molecule has 1 aromatic rings. The van der Waals surface area contributed by atoms with E-state index in [-0.39, 0.29) is 31.5 Å². The molecule has 10 heteroatoms. The fourth-order valence-electron chi connectivity index (χ4n) is 3.81. The summed E-state index contributed by atoms with van der Waals surface area (Å²) in [5, 5.41) is 5.55. The van der Waals surface area contributed by atoms with Gasteiger partial charge in [0.1, 0.15) is 17.7 Å². The average molecular weight is 552 g/mol. The van der Waals surface area contributed by atoms with Gasteiger partial charge in [0.2, 0.25) is 11.8 Å². The first kappa shape index (κ1) is 33.3. The van der Waals surface area contributed by atoms with Gasteiger partial charge in [-0.25, -0.2) is 4.79 Å². The van der Waals surface area contributed by atoms with Crippen LogP contribution in [-0.2, 0) is 23.9 Å². The molecule has 0 aliphatic heterocycles. The van der Waals surface area contributed by atoms with Gasteiger partial charge >= 0.3 is 12.1 Å². The van der Waals surface area contributed by atoms with E-state index in [1.54, 1.807) is 44.4 Å². The van der Waals surface area contributed by atoms with Crippen molar-refractivity contribution in [2.24, 2.45) is 0 Å². The normalized spacial score (nSPS) is 13.6. The van der Waals surface area contributed by atoms with Crippen LogP contribution >= 0.6 is 11.8 Å². The van der Waals surface area contributed by atoms with Gasteiger partial charge in [-0.3, -0.25) is 14.4 Å². The maximum atomic E-state index is 14.1. The lowest BCUT2D eigenvalue weighted by Crippen LogP contribution is -2.55. The molecule has 9 nitrogen and oxygen atoms in total. The zero-order chi connectivity index (χ0) is 28.9. The van der Waals surface area contributed by atoms with E-state index < -0.39 is 35.7 Å². The summed E-state index contributed by atoms with van der Waals surface area (Å²) in [7, 11) is 0. The minimum atomic E-state index is -0.961. The van der Waals surface area contributed by atoms with E-state index in [0.717, 1.165) is 5.56 Å². The summed E-state index contributed by atoms with van der Waals surface area (Å²) in [4.78, 5) is 53.7. The van der Waals surface area contributed by atoms with Crippen molar-refractivity contribution in [3.8, 4) is 0 Å². The first-order valence-electron chi connectivity index (χ1n) is 13.1. The van der Waals surface area contributed by atoms with Gasteiger partial charge in [0.15, 0.2) is 0 Å². The van der Waals surface area contributed by atoms with Gasteiger partial charge < -0.3 is 25.0 Å². The molecule has 38 heavy (non-hydrogen) atoms. The topological polar surface area (TPSA) is 114 Å². The fourth-order valence-corrected chi connectivity index (χ4v) is 4.29. The summed E-state index contributed by atoms with van der Waals surface area (Å²) in [6, 6.07) is 5.27. The average Bonchev–Trinajstić information content (AvgIpc) is 2.83. The van der Waals surface area contributed by atoms with E-state index in [1.165, 1.54) is 0 Å². The highest BCUT2D eigenvalue weighted by Gasteiger charge is 2.38. The van der Waals surface area contributed by atoms with Crippen LogP contribution in [0.15, 0.2) is 24.3 Å². The Morgan fingerprint density at radius 2 is 1.82 bits per heavy atom. The third-order valence-corrected chi connectivity index (χ3v) is 6.38. The maximum Gasteiger partial charge on any atom is 0.408 e. The predicted octanol–water partition coefficient (Wildman–Crippen LogP) is 4.38. The zero-order valence-electron chi connectivity index (χ0n) is 24.1. The summed E-state index contributed by atoms with van der Waals surface area (Å²) < 4.78 is 10.4. The van der Waals surface area contributed by atoms with Crippen molar-refractivity contribution >= 4 is 35.6 Å². The largest absolute Gasteiger partial charge is 0.466 e. The predicted molar refractivity (Wildman–Crippen MR) is 151 cm³/mol. The quantitative estimate of drug-likeness (QED) is 0.330. The number of nitrogens with one attached hydrogen (secondary N) is 2. The molecule has 0 aliphatic carbocycles. The molecule has 1 aromatic carbocycles. The lowest BCUT2D eigenvalue weighted by Gasteiger charge is -2.38. The van der Waals surface area contributed by atoms with E-state index in [0.29, 0.717) is 24.2 Å². The van der Waals surface area contributed by atoms with Crippen molar-refractivity contribution < 1.29 is 28.7 Å². The second-order valence-electron chi connectivity index (χ2n) is 10.1. The van der Waals surface area contributed by atoms with Crippen molar-refractivity contribution in [3.63, 3.8) is 0 Å². The monoisotopic (exact) mass is 551 g/mol. The van der Waals surface area contributed by atoms with Crippen LogP contribution in [0.1, 0.15) is 78.0 Å². The Bertz CT molecular complexity index is 933. The second-order valence-corrected chi connectivity index (χ2v) is 11.1. The van der Waals surface area contributed by atoms with Crippen LogP contribution in [0.5, 0.6) is 0 Å². The Kier molecular flexibility index (Phi) is 14.2. The molecule has 0 aliphatic rings. The number of carbonyl (C=O) groups excluding carboxylic acids is 4. The number of amides is 3. The van der Waals surface area contributed by atoms with Crippen molar-refractivity contribution in [1.82, 2.24) is 15.5 Å². The Balaban J connectivity index is 3.42. The number of alkyl carbamates (subject to hydrolysis) is 1. The van der Waals surface area contributed by atoms with Crippen molar-refractivity contribution in [2.75, 3.05) is 25.2 Å². The van der Waals surface area contributed by atoms with E-state index in [4.69, 9.17) is 9.47 Å². The summed E-state index contributed by atoms with van der Waals surface area (Å²) in [5.41, 5.74) is 0.860. The standard InChI is InChI=1S/C28H45N3O6S/c1-9-20(4)31(26(34)22(15-17-38-8)30-27(35)37-28(5,6)7)24(21-13-11-12-19(3)18-21)25(33)29-16-14-23(32)36-10-2/h11-13,18,20,22,24H,9-10,14-17H2,1-8H3,(H,29,33)(H,30,35). The second kappa shape index (κ2) is 16.3. The van der Waals surface area contributed by atoms with Gasteiger partial charge in [-0.1, -0.05) is 36.8 Å². The van der Waals surface area contributed by atoms with Crippen LogP contribution in [0, 0.1) is 6.92 Å². The smallest absolute Gasteiger partial charge is 0.408 e. The summed E-state index contributed by atoms with van der Waals surface area (Å²) in [6.45, 7) is 13.1. The minimum absolute atomic E-state index is 0.0218. The third-order valence-electron chi connectivity index (χ3n) is 5.74. The lowest BCUT2D eigenvalue weighted by atomic mass is 9.98. The first-order chi connectivity index (χ1) is 17.8. The number of esters is 1. The number of hydrogen-bond acceptors (Lipinski definition) is 7. The molecule has 0 saturated heterocycles. The van der Waals surface area contributed by atoms with Crippen LogP contribution in [0.3, 0.4) is 0 Å².